The molecule has 214 valence electrons. The zero-order valence-electron chi connectivity index (χ0n) is 24.3. The Kier molecular flexibility index (Phi) is 27.7. The van der Waals surface area contributed by atoms with Gasteiger partial charge in [0.1, 0.15) is 6.10 Å². The van der Waals surface area contributed by atoms with Crippen molar-refractivity contribution in [2.75, 3.05) is 0 Å². The molecule has 0 aromatic heterocycles. The van der Waals surface area contributed by atoms with Crippen molar-refractivity contribution < 1.29 is 19.4 Å². The molecule has 0 amide bonds. The Hall–Kier alpha value is -1.06. The largest absolute Gasteiger partial charge is 0.481 e. The second-order valence-corrected chi connectivity index (χ2v) is 11.0. The van der Waals surface area contributed by atoms with E-state index in [0.717, 1.165) is 70.6 Å². The van der Waals surface area contributed by atoms with Crippen LogP contribution in [0.5, 0.6) is 0 Å². The number of hydrogen-bond acceptors (Lipinski definition) is 3. The number of carboxylic acid groups (broad SMARTS) is 1. The molecule has 1 atom stereocenters. The molecule has 0 saturated carbocycles. The Morgan fingerprint density at radius 3 is 1.25 bits per heavy atom. The maximum absolute atomic E-state index is 12.2. The third-order valence-electron chi connectivity index (χ3n) is 7.33. The second-order valence-electron chi connectivity index (χ2n) is 11.0. The van der Waals surface area contributed by atoms with Crippen LogP contribution in [0.2, 0.25) is 0 Å². The van der Waals surface area contributed by atoms with Crippen molar-refractivity contribution in [3.8, 4) is 0 Å². The predicted octanol–water partition coefficient (Wildman–Crippen LogP) is 10.6. The summed E-state index contributed by atoms with van der Waals surface area (Å²) in [5.74, 6) is -0.718. The Bertz CT molecular complexity index is 477. The number of carboxylic acids is 1. The van der Waals surface area contributed by atoms with Gasteiger partial charge in [-0.1, -0.05) is 136 Å². The zero-order chi connectivity index (χ0) is 26.5. The molecule has 0 aromatic carbocycles. The lowest BCUT2D eigenvalue weighted by Gasteiger charge is -2.18. The van der Waals surface area contributed by atoms with Crippen LogP contribution in [0.3, 0.4) is 0 Å². The van der Waals surface area contributed by atoms with E-state index in [4.69, 9.17) is 9.84 Å². The fourth-order valence-electron chi connectivity index (χ4n) is 4.95. The molecule has 0 heterocycles. The smallest absolute Gasteiger partial charge is 0.306 e. The molecular weight excluding hydrogens is 448 g/mol. The monoisotopic (exact) mass is 510 g/mol. The van der Waals surface area contributed by atoms with Gasteiger partial charge in [-0.3, -0.25) is 9.59 Å². The highest BCUT2D eigenvalue weighted by Gasteiger charge is 2.14. The highest BCUT2D eigenvalue weighted by atomic mass is 16.5. The summed E-state index contributed by atoms with van der Waals surface area (Å²) in [6, 6.07) is 0. The van der Waals surface area contributed by atoms with E-state index in [9.17, 15) is 9.59 Å². The van der Waals surface area contributed by atoms with Gasteiger partial charge in [0, 0.05) is 12.8 Å². The number of rotatable bonds is 29. The number of unbranched alkanes of at least 4 members (excludes halogenated alkanes) is 20. The summed E-state index contributed by atoms with van der Waals surface area (Å²) in [6.07, 6.45) is 31.5. The van der Waals surface area contributed by atoms with Gasteiger partial charge in [-0.15, -0.1) is 0 Å². The first-order valence-electron chi connectivity index (χ1n) is 16.0. The SMILES string of the molecule is CCCCCCCCCCCCCCCCCC(CCCCCCCC(=O)O)OC(=O)CCCCC. The van der Waals surface area contributed by atoms with Crippen LogP contribution in [0.15, 0.2) is 0 Å². The van der Waals surface area contributed by atoms with E-state index in [1.807, 2.05) is 0 Å². The molecule has 0 fully saturated rings. The summed E-state index contributed by atoms with van der Waals surface area (Å²) in [6.45, 7) is 4.43. The lowest BCUT2D eigenvalue weighted by Crippen LogP contribution is -2.18. The quantitative estimate of drug-likeness (QED) is 0.0802. The van der Waals surface area contributed by atoms with Crippen molar-refractivity contribution in [2.45, 2.75) is 193 Å². The zero-order valence-corrected chi connectivity index (χ0v) is 24.3. The number of carbonyl (C=O) groups is 2. The standard InChI is InChI=1S/C32H62O4/c1-3-5-7-8-9-10-11-12-13-14-15-16-17-19-23-26-30(36-32(35)29-22-6-4-2)27-24-20-18-21-25-28-31(33)34/h30H,3-29H2,1-2H3,(H,33,34). The van der Waals surface area contributed by atoms with Crippen LogP contribution in [-0.2, 0) is 14.3 Å². The summed E-state index contributed by atoms with van der Waals surface area (Å²) in [4.78, 5) is 22.9. The average Bonchev–Trinajstić information content (AvgIpc) is 2.85. The Morgan fingerprint density at radius 1 is 0.500 bits per heavy atom. The van der Waals surface area contributed by atoms with Crippen molar-refractivity contribution in [3.63, 3.8) is 0 Å². The van der Waals surface area contributed by atoms with Crippen LogP contribution in [0.1, 0.15) is 187 Å². The lowest BCUT2D eigenvalue weighted by molar-refractivity contribution is -0.150. The number of esters is 1. The molecule has 1 N–H and O–H groups in total. The van der Waals surface area contributed by atoms with Crippen LogP contribution in [0.25, 0.3) is 0 Å². The van der Waals surface area contributed by atoms with Gasteiger partial charge in [0.05, 0.1) is 0 Å². The molecule has 0 aliphatic carbocycles. The first-order valence-corrected chi connectivity index (χ1v) is 16.0. The minimum atomic E-state index is -0.700. The third-order valence-corrected chi connectivity index (χ3v) is 7.33. The third kappa shape index (κ3) is 27.5. The molecule has 36 heavy (non-hydrogen) atoms. The van der Waals surface area contributed by atoms with Gasteiger partial charge in [-0.25, -0.2) is 0 Å². The van der Waals surface area contributed by atoms with Crippen molar-refractivity contribution in [1.29, 1.82) is 0 Å². The van der Waals surface area contributed by atoms with E-state index in [1.165, 1.54) is 89.9 Å². The Balaban J connectivity index is 3.83. The van der Waals surface area contributed by atoms with E-state index >= 15 is 0 Å². The second kappa shape index (κ2) is 28.5. The number of hydrogen-bond donors (Lipinski definition) is 1. The van der Waals surface area contributed by atoms with Gasteiger partial charge in [0.25, 0.3) is 0 Å². The minimum Gasteiger partial charge on any atom is -0.481 e. The highest BCUT2D eigenvalue weighted by Crippen LogP contribution is 2.19. The topological polar surface area (TPSA) is 63.6 Å². The number of aliphatic carboxylic acids is 1. The molecule has 0 aromatic rings. The van der Waals surface area contributed by atoms with E-state index in [1.54, 1.807) is 0 Å². The maximum atomic E-state index is 12.2. The Labute approximate surface area is 224 Å². The molecule has 0 aliphatic rings. The molecule has 0 spiro atoms. The molecule has 0 aliphatic heterocycles. The van der Waals surface area contributed by atoms with E-state index in [0.29, 0.717) is 6.42 Å². The Morgan fingerprint density at radius 2 is 0.833 bits per heavy atom. The normalized spacial score (nSPS) is 12.1. The van der Waals surface area contributed by atoms with Crippen molar-refractivity contribution in [2.24, 2.45) is 0 Å². The molecular formula is C32H62O4. The molecule has 0 saturated heterocycles. The fraction of sp³-hybridized carbons (Fsp3) is 0.938. The van der Waals surface area contributed by atoms with Crippen LogP contribution in [0, 0.1) is 0 Å². The molecule has 4 heteroatoms. The van der Waals surface area contributed by atoms with Crippen LogP contribution < -0.4 is 0 Å². The summed E-state index contributed by atoms with van der Waals surface area (Å²) in [7, 11) is 0. The van der Waals surface area contributed by atoms with Crippen LogP contribution >= 0.6 is 0 Å². The number of ether oxygens (including phenoxy) is 1. The van der Waals surface area contributed by atoms with E-state index in [-0.39, 0.29) is 18.5 Å². The van der Waals surface area contributed by atoms with Gasteiger partial charge < -0.3 is 9.84 Å². The lowest BCUT2D eigenvalue weighted by atomic mass is 10.0. The summed E-state index contributed by atoms with van der Waals surface area (Å²) >= 11 is 0. The van der Waals surface area contributed by atoms with Gasteiger partial charge in [0.15, 0.2) is 0 Å². The van der Waals surface area contributed by atoms with Gasteiger partial charge in [-0.2, -0.15) is 0 Å². The number of carbonyl (C=O) groups excluding carboxylic acids is 1. The maximum Gasteiger partial charge on any atom is 0.306 e. The van der Waals surface area contributed by atoms with Crippen molar-refractivity contribution in [3.05, 3.63) is 0 Å². The molecule has 0 bridgehead atoms. The van der Waals surface area contributed by atoms with Crippen LogP contribution in [-0.4, -0.2) is 23.1 Å². The van der Waals surface area contributed by atoms with E-state index in [2.05, 4.69) is 13.8 Å². The summed E-state index contributed by atoms with van der Waals surface area (Å²) in [5, 5.41) is 8.73. The molecule has 0 rings (SSSR count). The summed E-state index contributed by atoms with van der Waals surface area (Å²) < 4.78 is 5.86. The molecule has 1 unspecified atom stereocenters. The first-order chi connectivity index (χ1) is 17.6. The van der Waals surface area contributed by atoms with Gasteiger partial charge >= 0.3 is 11.9 Å². The summed E-state index contributed by atoms with van der Waals surface area (Å²) in [5.41, 5.74) is 0. The first kappa shape index (κ1) is 34.9. The highest BCUT2D eigenvalue weighted by molar-refractivity contribution is 5.69. The average molecular weight is 511 g/mol. The van der Waals surface area contributed by atoms with Gasteiger partial charge in [-0.05, 0) is 38.5 Å². The van der Waals surface area contributed by atoms with Crippen molar-refractivity contribution in [1.82, 2.24) is 0 Å². The fourth-order valence-corrected chi connectivity index (χ4v) is 4.95. The predicted molar refractivity (Wildman–Crippen MR) is 154 cm³/mol. The molecule has 4 nitrogen and oxygen atoms in total. The van der Waals surface area contributed by atoms with Crippen molar-refractivity contribution >= 4 is 11.9 Å². The van der Waals surface area contributed by atoms with Crippen LogP contribution in [0.4, 0.5) is 0 Å². The van der Waals surface area contributed by atoms with E-state index < -0.39 is 5.97 Å². The molecule has 0 radical (unpaired) electrons. The minimum absolute atomic E-state index is 0.0177. The van der Waals surface area contributed by atoms with Gasteiger partial charge in [0.2, 0.25) is 0 Å².